The molecule has 26 heavy (non-hydrogen) atoms. The second-order valence-corrected chi connectivity index (χ2v) is 7.43. The SMILES string of the molecule is O=C(O)CC(O)CC(O)C=CC1=C(c2ccc(F)cc2)CC2CCC1C2. The Labute approximate surface area is 152 Å². The number of hydrogen-bond acceptors (Lipinski definition) is 3. The normalized spacial score (nSPS) is 24.9. The molecule has 0 amide bonds. The zero-order valence-electron chi connectivity index (χ0n) is 14.6. The van der Waals surface area contributed by atoms with Crippen molar-refractivity contribution in [2.24, 2.45) is 11.8 Å². The molecule has 1 saturated carbocycles. The highest BCUT2D eigenvalue weighted by Gasteiger charge is 2.34. The molecule has 4 nitrogen and oxygen atoms in total. The average Bonchev–Trinajstić information content (AvgIpc) is 2.96. The van der Waals surface area contributed by atoms with E-state index in [1.807, 2.05) is 6.08 Å². The van der Waals surface area contributed by atoms with E-state index in [9.17, 15) is 19.4 Å². The van der Waals surface area contributed by atoms with Gasteiger partial charge in [0.2, 0.25) is 0 Å². The molecule has 0 aromatic heterocycles. The molecule has 4 atom stereocenters. The van der Waals surface area contributed by atoms with Gasteiger partial charge >= 0.3 is 5.97 Å². The summed E-state index contributed by atoms with van der Waals surface area (Å²) in [6.45, 7) is 0. The molecule has 2 bridgehead atoms. The summed E-state index contributed by atoms with van der Waals surface area (Å²) in [6.07, 6.45) is 5.62. The van der Waals surface area contributed by atoms with Gasteiger partial charge in [-0.15, -0.1) is 0 Å². The van der Waals surface area contributed by atoms with Crippen LogP contribution in [0.5, 0.6) is 0 Å². The highest BCUT2D eigenvalue weighted by atomic mass is 19.1. The summed E-state index contributed by atoms with van der Waals surface area (Å²) < 4.78 is 13.3. The lowest BCUT2D eigenvalue weighted by molar-refractivity contribution is -0.139. The number of halogens is 1. The first-order valence-electron chi connectivity index (χ1n) is 9.17. The van der Waals surface area contributed by atoms with E-state index in [4.69, 9.17) is 5.11 Å². The van der Waals surface area contributed by atoms with Crippen molar-refractivity contribution in [3.8, 4) is 0 Å². The smallest absolute Gasteiger partial charge is 0.305 e. The van der Waals surface area contributed by atoms with E-state index in [0.29, 0.717) is 11.8 Å². The number of carbonyl (C=O) groups is 1. The maximum absolute atomic E-state index is 13.3. The van der Waals surface area contributed by atoms with E-state index in [1.54, 1.807) is 18.2 Å². The zero-order chi connectivity index (χ0) is 18.7. The van der Waals surface area contributed by atoms with Crippen molar-refractivity contribution < 1.29 is 24.5 Å². The average molecular weight is 360 g/mol. The van der Waals surface area contributed by atoms with Gasteiger partial charge in [-0.3, -0.25) is 4.79 Å². The number of aliphatic carboxylic acids is 1. The van der Waals surface area contributed by atoms with Crippen LogP contribution in [-0.2, 0) is 4.79 Å². The monoisotopic (exact) mass is 360 g/mol. The van der Waals surface area contributed by atoms with Gasteiger partial charge in [0.25, 0.3) is 0 Å². The standard InChI is InChI=1S/C21H25FO4/c22-16-5-3-14(4-6-16)20-10-13-1-2-15(9-13)19(20)8-7-17(23)11-18(24)12-21(25)26/h3-8,13,15,17-18,23-24H,1-2,9-12H2,(H,25,26). The van der Waals surface area contributed by atoms with Crippen molar-refractivity contribution in [1.82, 2.24) is 0 Å². The van der Waals surface area contributed by atoms with Gasteiger partial charge in [-0.25, -0.2) is 4.39 Å². The molecule has 2 aliphatic rings. The molecule has 0 heterocycles. The number of carboxylic acid groups (broad SMARTS) is 1. The largest absolute Gasteiger partial charge is 0.481 e. The Morgan fingerprint density at radius 2 is 1.96 bits per heavy atom. The highest BCUT2D eigenvalue weighted by molar-refractivity contribution is 5.73. The third-order valence-corrected chi connectivity index (χ3v) is 5.44. The number of carboxylic acids is 1. The molecular weight excluding hydrogens is 335 g/mol. The van der Waals surface area contributed by atoms with Crippen LogP contribution in [0.15, 0.2) is 42.0 Å². The summed E-state index contributed by atoms with van der Waals surface area (Å²) in [6, 6.07) is 6.54. The van der Waals surface area contributed by atoms with Crippen molar-refractivity contribution in [3.63, 3.8) is 0 Å². The molecule has 2 aliphatic carbocycles. The molecule has 0 radical (unpaired) electrons. The third kappa shape index (κ3) is 4.59. The van der Waals surface area contributed by atoms with Crippen LogP contribution < -0.4 is 0 Å². The van der Waals surface area contributed by atoms with Crippen molar-refractivity contribution in [2.75, 3.05) is 0 Å². The number of aliphatic hydroxyl groups excluding tert-OH is 2. The van der Waals surface area contributed by atoms with Crippen LogP contribution in [-0.4, -0.2) is 33.5 Å². The minimum absolute atomic E-state index is 0.00471. The zero-order valence-corrected chi connectivity index (χ0v) is 14.6. The first-order chi connectivity index (χ1) is 12.4. The van der Waals surface area contributed by atoms with E-state index in [-0.39, 0.29) is 18.7 Å². The fourth-order valence-electron chi connectivity index (χ4n) is 4.22. The van der Waals surface area contributed by atoms with Gasteiger partial charge in [-0.05, 0) is 66.4 Å². The summed E-state index contributed by atoms with van der Waals surface area (Å²) in [4.78, 5) is 10.6. The number of allylic oxidation sites excluding steroid dienone is 3. The molecule has 4 unspecified atom stereocenters. The predicted octanol–water partition coefficient (Wildman–Crippen LogP) is 3.54. The fourth-order valence-corrected chi connectivity index (χ4v) is 4.22. The Balaban J connectivity index is 1.79. The van der Waals surface area contributed by atoms with Gasteiger partial charge in [0.05, 0.1) is 18.6 Å². The van der Waals surface area contributed by atoms with Crippen LogP contribution in [0.25, 0.3) is 5.57 Å². The van der Waals surface area contributed by atoms with Gasteiger partial charge in [0, 0.05) is 6.42 Å². The second kappa shape index (κ2) is 8.14. The van der Waals surface area contributed by atoms with E-state index in [2.05, 4.69) is 0 Å². The fraction of sp³-hybridized carbons (Fsp3) is 0.476. The summed E-state index contributed by atoms with van der Waals surface area (Å²) in [5.74, 6) is -0.229. The second-order valence-electron chi connectivity index (χ2n) is 7.43. The Morgan fingerprint density at radius 3 is 2.65 bits per heavy atom. The quantitative estimate of drug-likeness (QED) is 0.695. The lowest BCUT2D eigenvalue weighted by atomic mass is 9.80. The van der Waals surface area contributed by atoms with Crippen LogP contribution >= 0.6 is 0 Å². The first-order valence-corrected chi connectivity index (χ1v) is 9.17. The van der Waals surface area contributed by atoms with Gasteiger partial charge < -0.3 is 15.3 Å². The Hall–Kier alpha value is -1.98. The van der Waals surface area contributed by atoms with Gasteiger partial charge in [0.1, 0.15) is 5.82 Å². The van der Waals surface area contributed by atoms with Crippen LogP contribution in [0, 0.1) is 17.7 Å². The summed E-state index contributed by atoms with van der Waals surface area (Å²) in [5.41, 5.74) is 3.40. The number of rotatable bonds is 7. The Bertz CT molecular complexity index is 707. The van der Waals surface area contributed by atoms with Crippen molar-refractivity contribution >= 4 is 11.5 Å². The Kier molecular flexibility index (Phi) is 5.89. The number of hydrogen-bond donors (Lipinski definition) is 3. The summed E-state index contributed by atoms with van der Waals surface area (Å²) in [7, 11) is 0. The van der Waals surface area contributed by atoms with Gasteiger partial charge in [-0.1, -0.05) is 24.3 Å². The number of benzene rings is 1. The molecular formula is C21H25FO4. The van der Waals surface area contributed by atoms with Crippen molar-refractivity contribution in [3.05, 3.63) is 53.4 Å². The van der Waals surface area contributed by atoms with E-state index in [0.717, 1.165) is 24.8 Å². The van der Waals surface area contributed by atoms with E-state index >= 15 is 0 Å². The van der Waals surface area contributed by atoms with E-state index < -0.39 is 18.2 Å². The van der Waals surface area contributed by atoms with E-state index in [1.165, 1.54) is 29.7 Å². The lowest BCUT2D eigenvalue weighted by Crippen LogP contribution is -2.19. The molecule has 0 saturated heterocycles. The summed E-state index contributed by atoms with van der Waals surface area (Å²) >= 11 is 0. The molecule has 5 heteroatoms. The molecule has 140 valence electrons. The predicted molar refractivity (Wildman–Crippen MR) is 96.8 cm³/mol. The molecule has 0 aliphatic heterocycles. The molecule has 0 spiro atoms. The minimum Gasteiger partial charge on any atom is -0.481 e. The topological polar surface area (TPSA) is 77.8 Å². The molecule has 1 fully saturated rings. The third-order valence-electron chi connectivity index (χ3n) is 5.44. The van der Waals surface area contributed by atoms with Crippen LogP contribution in [0.4, 0.5) is 4.39 Å². The highest BCUT2D eigenvalue weighted by Crippen LogP contribution is 2.48. The van der Waals surface area contributed by atoms with Crippen molar-refractivity contribution in [1.29, 1.82) is 0 Å². The van der Waals surface area contributed by atoms with Crippen LogP contribution in [0.2, 0.25) is 0 Å². The van der Waals surface area contributed by atoms with Crippen LogP contribution in [0.3, 0.4) is 0 Å². The van der Waals surface area contributed by atoms with Crippen LogP contribution in [0.1, 0.15) is 44.1 Å². The molecule has 1 aromatic rings. The number of aliphatic hydroxyl groups is 2. The molecule has 1 aromatic carbocycles. The molecule has 3 rings (SSSR count). The maximum Gasteiger partial charge on any atom is 0.305 e. The van der Waals surface area contributed by atoms with Crippen molar-refractivity contribution in [2.45, 2.75) is 50.7 Å². The lowest BCUT2D eigenvalue weighted by Gasteiger charge is -2.25. The minimum atomic E-state index is -1.08. The maximum atomic E-state index is 13.3. The Morgan fingerprint density at radius 1 is 1.23 bits per heavy atom. The summed E-state index contributed by atoms with van der Waals surface area (Å²) in [5, 5.41) is 28.5. The number of fused-ring (bicyclic) bond motifs is 2. The van der Waals surface area contributed by atoms with Gasteiger partial charge in [-0.2, -0.15) is 0 Å². The first kappa shape index (κ1) is 18.8. The molecule has 3 N–H and O–H groups in total. The van der Waals surface area contributed by atoms with Gasteiger partial charge in [0.15, 0.2) is 0 Å².